The van der Waals surface area contributed by atoms with Crippen molar-refractivity contribution in [1.82, 2.24) is 4.90 Å². The van der Waals surface area contributed by atoms with Crippen LogP contribution in [0, 0.1) is 11.3 Å². The van der Waals surface area contributed by atoms with Crippen molar-refractivity contribution in [2.75, 3.05) is 19.7 Å². The van der Waals surface area contributed by atoms with Gasteiger partial charge in [0, 0.05) is 19.3 Å². The molecule has 96 valence electrons. The topological polar surface area (TPSA) is 73.6 Å². The van der Waals surface area contributed by atoms with E-state index in [4.69, 9.17) is 10.00 Å². The number of aliphatic hydroxyl groups excluding tert-OH is 1. The highest BCUT2D eigenvalue weighted by Crippen LogP contribution is 2.03. The van der Waals surface area contributed by atoms with Gasteiger partial charge in [-0.1, -0.05) is 6.92 Å². The minimum atomic E-state index is -0.626. The molecule has 0 aliphatic carbocycles. The zero-order valence-electron chi connectivity index (χ0n) is 10.6. The van der Waals surface area contributed by atoms with Crippen LogP contribution in [-0.2, 0) is 9.53 Å². The van der Waals surface area contributed by atoms with Gasteiger partial charge in [-0.25, -0.2) is 4.79 Å². The summed E-state index contributed by atoms with van der Waals surface area (Å²) in [6.45, 7) is 6.70. The molecule has 0 aliphatic rings. The highest BCUT2D eigenvalue weighted by Gasteiger charge is 2.13. The minimum Gasteiger partial charge on any atom is -0.462 e. The van der Waals surface area contributed by atoms with E-state index >= 15 is 0 Å². The molecule has 1 N–H and O–H groups in total. The number of hydrogen-bond donors (Lipinski definition) is 1. The Morgan fingerprint density at radius 1 is 1.53 bits per heavy atom. The molecule has 17 heavy (non-hydrogen) atoms. The van der Waals surface area contributed by atoms with Crippen molar-refractivity contribution in [1.29, 1.82) is 5.26 Å². The van der Waals surface area contributed by atoms with Gasteiger partial charge in [0.25, 0.3) is 0 Å². The number of nitriles is 1. The molecule has 1 atom stereocenters. The maximum Gasteiger partial charge on any atom is 0.350 e. The molecule has 0 aromatic carbocycles. The molecule has 0 saturated heterocycles. The van der Waals surface area contributed by atoms with Crippen LogP contribution in [0.1, 0.15) is 27.2 Å². The first-order valence-corrected chi connectivity index (χ1v) is 5.80. The first kappa shape index (κ1) is 15.5. The van der Waals surface area contributed by atoms with E-state index in [0.29, 0.717) is 19.5 Å². The minimum absolute atomic E-state index is 0.0444. The number of carbonyl (C=O) groups excluding carboxylic acids is 1. The highest BCUT2D eigenvalue weighted by atomic mass is 16.5. The summed E-state index contributed by atoms with van der Waals surface area (Å²) in [6, 6.07) is 1.81. The Kier molecular flexibility index (Phi) is 7.82. The fourth-order valence-corrected chi connectivity index (χ4v) is 1.19. The van der Waals surface area contributed by atoms with Crippen molar-refractivity contribution in [2.45, 2.75) is 33.3 Å². The van der Waals surface area contributed by atoms with Gasteiger partial charge < -0.3 is 14.7 Å². The van der Waals surface area contributed by atoms with Crippen LogP contribution < -0.4 is 0 Å². The van der Waals surface area contributed by atoms with Crippen LogP contribution in [0.15, 0.2) is 11.8 Å². The molecular formula is C12H20N2O3. The molecule has 5 heteroatoms. The molecular weight excluding hydrogens is 220 g/mol. The van der Waals surface area contributed by atoms with E-state index in [-0.39, 0.29) is 12.2 Å². The summed E-state index contributed by atoms with van der Waals surface area (Å²) in [5, 5.41) is 18.4. The zero-order valence-corrected chi connectivity index (χ0v) is 10.6. The molecule has 0 fully saturated rings. The number of rotatable bonds is 7. The van der Waals surface area contributed by atoms with Crippen LogP contribution in [0.25, 0.3) is 0 Å². The molecule has 0 aromatic heterocycles. The fraction of sp³-hybridized carbons (Fsp3) is 0.667. The molecule has 0 aliphatic heterocycles. The quantitative estimate of drug-likeness (QED) is 0.409. The highest BCUT2D eigenvalue weighted by molar-refractivity contribution is 5.92. The van der Waals surface area contributed by atoms with Gasteiger partial charge in [-0.3, -0.25) is 0 Å². The lowest BCUT2D eigenvalue weighted by atomic mass is 10.2. The summed E-state index contributed by atoms with van der Waals surface area (Å²) in [6.07, 6.45) is 1.61. The third-order valence-corrected chi connectivity index (χ3v) is 2.25. The predicted molar refractivity (Wildman–Crippen MR) is 63.9 cm³/mol. The fourth-order valence-electron chi connectivity index (χ4n) is 1.19. The van der Waals surface area contributed by atoms with Crippen molar-refractivity contribution in [3.63, 3.8) is 0 Å². The van der Waals surface area contributed by atoms with E-state index in [1.807, 2.05) is 13.8 Å². The second-order valence-electron chi connectivity index (χ2n) is 3.52. The summed E-state index contributed by atoms with van der Waals surface area (Å²) in [5.74, 6) is -0.626. The predicted octanol–water partition coefficient (Wildman–Crippen LogP) is 1.05. The number of ether oxygens (including phenoxy) is 1. The van der Waals surface area contributed by atoms with Crippen LogP contribution in [0.2, 0.25) is 0 Å². The average molecular weight is 240 g/mol. The van der Waals surface area contributed by atoms with E-state index in [9.17, 15) is 9.90 Å². The number of hydrogen-bond acceptors (Lipinski definition) is 5. The monoisotopic (exact) mass is 240 g/mol. The van der Waals surface area contributed by atoms with Crippen molar-refractivity contribution in [3.8, 4) is 6.07 Å². The first-order valence-electron chi connectivity index (χ1n) is 5.80. The second kappa shape index (κ2) is 8.59. The standard InChI is InChI=1S/C12H20N2O3/c1-4-11(15)9-14(5-2)8-10(7-13)12(16)17-6-3/h8,11,15H,4-6,9H2,1-3H3/b10-8+. The van der Waals surface area contributed by atoms with Crippen molar-refractivity contribution in [3.05, 3.63) is 11.8 Å². The summed E-state index contributed by atoms with van der Waals surface area (Å²) in [4.78, 5) is 13.1. The Morgan fingerprint density at radius 3 is 2.59 bits per heavy atom. The van der Waals surface area contributed by atoms with E-state index in [2.05, 4.69) is 0 Å². The molecule has 0 bridgehead atoms. The number of esters is 1. The van der Waals surface area contributed by atoms with Crippen LogP contribution >= 0.6 is 0 Å². The summed E-state index contributed by atoms with van der Waals surface area (Å²) in [5.41, 5.74) is -0.0444. The molecule has 0 aromatic rings. The Balaban J connectivity index is 4.67. The van der Waals surface area contributed by atoms with Gasteiger partial charge in [-0.15, -0.1) is 0 Å². The lowest BCUT2D eigenvalue weighted by Crippen LogP contribution is -2.28. The zero-order chi connectivity index (χ0) is 13.3. The molecule has 0 rings (SSSR count). The second-order valence-corrected chi connectivity index (χ2v) is 3.52. The first-order chi connectivity index (χ1) is 8.08. The summed E-state index contributed by atoms with van der Waals surface area (Å²) in [7, 11) is 0. The van der Waals surface area contributed by atoms with Gasteiger partial charge in [0.05, 0.1) is 12.7 Å². The van der Waals surface area contributed by atoms with E-state index in [0.717, 1.165) is 0 Å². The van der Waals surface area contributed by atoms with Crippen molar-refractivity contribution >= 4 is 5.97 Å². The van der Waals surface area contributed by atoms with Crippen LogP contribution in [-0.4, -0.2) is 41.8 Å². The Bertz CT molecular complexity index is 307. The lowest BCUT2D eigenvalue weighted by Gasteiger charge is -2.21. The normalized spacial score (nSPS) is 12.8. The molecule has 0 heterocycles. The average Bonchev–Trinajstić information content (AvgIpc) is 2.34. The van der Waals surface area contributed by atoms with Gasteiger partial charge in [-0.05, 0) is 20.3 Å². The third-order valence-electron chi connectivity index (χ3n) is 2.25. The van der Waals surface area contributed by atoms with Crippen molar-refractivity contribution < 1.29 is 14.6 Å². The SMILES string of the molecule is CCOC(=O)/C(C#N)=C/N(CC)CC(O)CC. The van der Waals surface area contributed by atoms with Gasteiger partial charge in [-0.2, -0.15) is 5.26 Å². The Morgan fingerprint density at radius 2 is 2.18 bits per heavy atom. The van der Waals surface area contributed by atoms with Gasteiger partial charge in [0.15, 0.2) is 5.57 Å². The molecule has 5 nitrogen and oxygen atoms in total. The summed E-state index contributed by atoms with van der Waals surface area (Å²) < 4.78 is 4.75. The summed E-state index contributed by atoms with van der Waals surface area (Å²) >= 11 is 0. The molecule has 0 radical (unpaired) electrons. The Labute approximate surface area is 102 Å². The molecule has 1 unspecified atom stereocenters. The number of likely N-dealkylation sites (N-methyl/N-ethyl adjacent to an activating group) is 1. The van der Waals surface area contributed by atoms with Crippen LogP contribution in [0.5, 0.6) is 0 Å². The van der Waals surface area contributed by atoms with E-state index in [1.54, 1.807) is 17.9 Å². The largest absolute Gasteiger partial charge is 0.462 e. The van der Waals surface area contributed by atoms with Gasteiger partial charge in [0.1, 0.15) is 6.07 Å². The van der Waals surface area contributed by atoms with E-state index < -0.39 is 12.1 Å². The van der Waals surface area contributed by atoms with E-state index in [1.165, 1.54) is 6.20 Å². The molecule has 0 spiro atoms. The maximum atomic E-state index is 11.4. The third kappa shape index (κ3) is 5.93. The van der Waals surface area contributed by atoms with Gasteiger partial charge >= 0.3 is 5.97 Å². The Hall–Kier alpha value is -1.54. The molecule has 0 saturated carbocycles. The van der Waals surface area contributed by atoms with Crippen LogP contribution in [0.3, 0.4) is 0 Å². The van der Waals surface area contributed by atoms with Gasteiger partial charge in [0.2, 0.25) is 0 Å². The lowest BCUT2D eigenvalue weighted by molar-refractivity contribution is -0.138. The van der Waals surface area contributed by atoms with Crippen molar-refractivity contribution in [2.24, 2.45) is 0 Å². The number of nitrogens with zero attached hydrogens (tertiary/aromatic N) is 2. The maximum absolute atomic E-state index is 11.4. The number of aliphatic hydroxyl groups is 1. The number of carbonyl (C=O) groups is 1. The van der Waals surface area contributed by atoms with Crippen LogP contribution in [0.4, 0.5) is 0 Å². The smallest absolute Gasteiger partial charge is 0.350 e. The molecule has 0 amide bonds.